The van der Waals surface area contributed by atoms with Crippen LogP contribution in [0.4, 0.5) is 11.6 Å². The van der Waals surface area contributed by atoms with Crippen LogP contribution in [0.5, 0.6) is 5.75 Å². The second-order valence-corrected chi connectivity index (χ2v) is 7.25. The van der Waals surface area contributed by atoms with E-state index in [0.29, 0.717) is 11.6 Å². The summed E-state index contributed by atoms with van der Waals surface area (Å²) in [7, 11) is 1.64. The summed E-state index contributed by atoms with van der Waals surface area (Å²) < 4.78 is 9.15. The van der Waals surface area contributed by atoms with E-state index in [-0.39, 0.29) is 11.7 Å². The Balaban J connectivity index is 1.67. The predicted molar refractivity (Wildman–Crippen MR) is 111 cm³/mol. The highest BCUT2D eigenvalue weighted by Gasteiger charge is 2.35. The maximum atomic E-state index is 12.8. The predicted octanol–water partition coefficient (Wildman–Crippen LogP) is 2.38. The van der Waals surface area contributed by atoms with Gasteiger partial charge < -0.3 is 4.74 Å². The van der Waals surface area contributed by atoms with Gasteiger partial charge in [-0.1, -0.05) is 18.2 Å². The molecule has 0 unspecified atom stereocenters. The van der Waals surface area contributed by atoms with Crippen molar-refractivity contribution in [3.05, 3.63) is 81.8 Å². The Labute approximate surface area is 168 Å². The number of aryl methyl sites for hydroxylation is 1. The largest absolute Gasteiger partial charge is 0.497 e. The van der Waals surface area contributed by atoms with Crippen LogP contribution in [0.2, 0.25) is 0 Å². The van der Waals surface area contributed by atoms with E-state index in [9.17, 15) is 4.79 Å². The van der Waals surface area contributed by atoms with E-state index >= 15 is 0 Å². The molecule has 0 radical (unpaired) electrons. The summed E-state index contributed by atoms with van der Waals surface area (Å²) in [6, 6.07) is 17.7. The van der Waals surface area contributed by atoms with Gasteiger partial charge in [0.1, 0.15) is 11.4 Å². The zero-order valence-electron chi connectivity index (χ0n) is 16.3. The van der Waals surface area contributed by atoms with Gasteiger partial charge in [0, 0.05) is 23.7 Å². The molecule has 0 aliphatic carbocycles. The number of guanidine groups is 1. The minimum atomic E-state index is -0.375. The number of para-hydroxylation sites is 1. The molecule has 29 heavy (non-hydrogen) atoms. The summed E-state index contributed by atoms with van der Waals surface area (Å²) in [5.74, 6) is 2.14. The maximum Gasteiger partial charge on any atom is 0.360 e. The van der Waals surface area contributed by atoms with E-state index in [4.69, 9.17) is 4.74 Å². The third-order valence-electron chi connectivity index (χ3n) is 5.43. The molecule has 3 heterocycles. The van der Waals surface area contributed by atoms with Crippen molar-refractivity contribution in [2.24, 2.45) is 0 Å². The molecule has 0 saturated carbocycles. The second kappa shape index (κ2) is 6.77. The fourth-order valence-electron chi connectivity index (χ4n) is 4.01. The van der Waals surface area contributed by atoms with E-state index in [2.05, 4.69) is 38.4 Å². The van der Waals surface area contributed by atoms with E-state index in [0.717, 1.165) is 30.2 Å². The Hall–Kier alpha value is -3.61. The van der Waals surface area contributed by atoms with Crippen molar-refractivity contribution in [1.82, 2.24) is 14.9 Å². The molecule has 0 amide bonds. The number of ether oxygens (including phenoxy) is 1. The van der Waals surface area contributed by atoms with E-state index < -0.39 is 0 Å². The zero-order chi connectivity index (χ0) is 20.0. The number of rotatable bonds is 2. The molecule has 0 saturated heterocycles. The van der Waals surface area contributed by atoms with Gasteiger partial charge in [0.15, 0.2) is 6.17 Å². The minimum absolute atomic E-state index is 0.103. The van der Waals surface area contributed by atoms with Crippen molar-refractivity contribution in [1.29, 1.82) is 0 Å². The molecule has 5 rings (SSSR count). The lowest BCUT2D eigenvalue weighted by molar-refractivity contribution is -0.432. The van der Waals surface area contributed by atoms with Crippen molar-refractivity contribution < 1.29 is 9.31 Å². The van der Waals surface area contributed by atoms with Crippen LogP contribution in [-0.2, 0) is 6.42 Å². The van der Waals surface area contributed by atoms with Crippen LogP contribution in [0.15, 0.2) is 59.4 Å². The number of aromatic nitrogens is 2. The summed E-state index contributed by atoms with van der Waals surface area (Å²) in [4.78, 5) is 17.4. The summed E-state index contributed by atoms with van der Waals surface area (Å²) in [5.41, 5.74) is 4.01. The molecule has 2 aliphatic rings. The number of hydrogen-bond donors (Lipinski definition) is 2. The van der Waals surface area contributed by atoms with Crippen LogP contribution >= 0.6 is 0 Å². The fraction of sp³-hybridized carbons (Fsp3) is 0.227. The number of anilines is 1. The molecule has 7 heteroatoms. The van der Waals surface area contributed by atoms with Crippen LogP contribution in [0.1, 0.15) is 23.0 Å². The monoisotopic (exact) mass is 388 g/mol. The SMILES string of the molecule is COc1ccc([C@H]2NC(=[N+]3CCc4ccccc43)Nc3nc(C)cc(=O)n32)cc1. The average molecular weight is 388 g/mol. The van der Waals surface area contributed by atoms with E-state index in [1.165, 1.54) is 11.3 Å². The molecular formula is C22H22N5O2+. The summed E-state index contributed by atoms with van der Waals surface area (Å²) in [5, 5.41) is 6.86. The van der Waals surface area contributed by atoms with Gasteiger partial charge >= 0.3 is 5.96 Å². The lowest BCUT2D eigenvalue weighted by atomic mass is 10.1. The van der Waals surface area contributed by atoms with Gasteiger partial charge in [0.05, 0.1) is 13.7 Å². The smallest absolute Gasteiger partial charge is 0.360 e. The molecule has 146 valence electrons. The summed E-state index contributed by atoms with van der Waals surface area (Å²) >= 11 is 0. The number of nitrogens with one attached hydrogen (secondary N) is 2. The number of fused-ring (bicyclic) bond motifs is 2. The molecule has 0 bridgehead atoms. The molecule has 2 N–H and O–H groups in total. The molecular weight excluding hydrogens is 366 g/mol. The van der Waals surface area contributed by atoms with Crippen LogP contribution in [0.3, 0.4) is 0 Å². The van der Waals surface area contributed by atoms with Gasteiger partial charge in [0.25, 0.3) is 11.5 Å². The molecule has 0 spiro atoms. The van der Waals surface area contributed by atoms with E-state index in [1.807, 2.05) is 37.3 Å². The van der Waals surface area contributed by atoms with Crippen molar-refractivity contribution in [2.75, 3.05) is 19.0 Å². The molecule has 1 atom stereocenters. The first-order valence-corrected chi connectivity index (χ1v) is 9.64. The highest BCUT2D eigenvalue weighted by molar-refractivity contribution is 5.91. The molecule has 1 aromatic heterocycles. The third kappa shape index (κ3) is 2.95. The van der Waals surface area contributed by atoms with Crippen molar-refractivity contribution in [2.45, 2.75) is 19.5 Å². The minimum Gasteiger partial charge on any atom is -0.497 e. The van der Waals surface area contributed by atoms with Gasteiger partial charge in [-0.15, -0.1) is 0 Å². The van der Waals surface area contributed by atoms with Gasteiger partial charge in [0.2, 0.25) is 0 Å². The number of hydrogen-bond acceptors (Lipinski definition) is 3. The van der Waals surface area contributed by atoms with Gasteiger partial charge in [-0.2, -0.15) is 0 Å². The fourth-order valence-corrected chi connectivity index (χ4v) is 4.01. The van der Waals surface area contributed by atoms with Gasteiger partial charge in [-0.3, -0.25) is 10.1 Å². The molecule has 0 fully saturated rings. The van der Waals surface area contributed by atoms with Gasteiger partial charge in [-0.25, -0.2) is 19.4 Å². The maximum absolute atomic E-state index is 12.8. The average Bonchev–Trinajstić information content (AvgIpc) is 3.17. The number of nitrogens with zero attached hydrogens (tertiary/aromatic N) is 3. The molecule has 7 nitrogen and oxygen atoms in total. The number of benzene rings is 2. The first-order chi connectivity index (χ1) is 14.1. The summed E-state index contributed by atoms with van der Waals surface area (Å²) in [6.07, 6.45) is 0.602. The first-order valence-electron chi connectivity index (χ1n) is 9.64. The Morgan fingerprint density at radius 3 is 2.76 bits per heavy atom. The third-order valence-corrected chi connectivity index (χ3v) is 5.43. The van der Waals surface area contributed by atoms with E-state index in [1.54, 1.807) is 17.7 Å². The zero-order valence-corrected chi connectivity index (χ0v) is 16.3. The molecule has 2 aliphatic heterocycles. The second-order valence-electron chi connectivity index (χ2n) is 7.25. The lowest BCUT2D eigenvalue weighted by Gasteiger charge is -2.27. The Bertz CT molecular complexity index is 1180. The van der Waals surface area contributed by atoms with Crippen molar-refractivity contribution >= 4 is 17.6 Å². The van der Waals surface area contributed by atoms with Crippen molar-refractivity contribution in [3.8, 4) is 5.75 Å². The lowest BCUT2D eigenvalue weighted by Crippen LogP contribution is -2.51. The quantitative estimate of drug-likeness (QED) is 0.660. The van der Waals surface area contributed by atoms with Crippen LogP contribution in [-0.4, -0.2) is 33.7 Å². The number of methoxy groups -OCH3 is 1. The van der Waals surface area contributed by atoms with Crippen LogP contribution < -0.4 is 20.9 Å². The van der Waals surface area contributed by atoms with Crippen LogP contribution in [0.25, 0.3) is 0 Å². The van der Waals surface area contributed by atoms with Crippen LogP contribution in [0, 0.1) is 6.92 Å². The molecule has 3 aromatic rings. The Kier molecular flexibility index (Phi) is 4.08. The van der Waals surface area contributed by atoms with Crippen molar-refractivity contribution in [3.63, 3.8) is 0 Å². The molecule has 2 aromatic carbocycles. The Morgan fingerprint density at radius 2 is 1.97 bits per heavy atom. The standard InChI is InChI=1S/C22H21N5O2/c1-14-13-19(28)27-20(16-7-9-17(29-2)10-8-16)24-21(25-22(27)23-14)26-12-11-15-5-3-4-6-18(15)26/h3-10,13,20H,11-12H2,1-2H3,(H,23,24,25,28)/p+1/t20-/m0/s1. The van der Waals surface area contributed by atoms with Gasteiger partial charge in [-0.05, 0) is 42.8 Å². The summed E-state index contributed by atoms with van der Waals surface area (Å²) in [6.45, 7) is 2.69. The first kappa shape index (κ1) is 17.5. The highest BCUT2D eigenvalue weighted by Crippen LogP contribution is 2.28. The highest BCUT2D eigenvalue weighted by atomic mass is 16.5. The normalized spacial score (nSPS) is 19.7. The Morgan fingerprint density at radius 1 is 1.17 bits per heavy atom. The topological polar surface area (TPSA) is 71.2 Å².